The average Bonchev–Trinajstić information content (AvgIpc) is 2.58. The molecule has 1 atom stereocenters. The largest absolute Gasteiger partial charge is 0.494 e. The van der Waals surface area contributed by atoms with Crippen molar-refractivity contribution in [2.24, 2.45) is 4.99 Å². The number of rotatable bonds is 4. The number of aliphatic imine (C=N–C) groups is 1. The summed E-state index contributed by atoms with van der Waals surface area (Å²) >= 11 is 6.10. The Balaban J connectivity index is 2.64. The zero-order valence-corrected chi connectivity index (χ0v) is 15.4. The molecule has 0 saturated carbocycles. The number of hydrogen-bond acceptors (Lipinski definition) is 4. The fraction of sp³-hybridized carbons (Fsp3) is 0.316. The summed E-state index contributed by atoms with van der Waals surface area (Å²) < 4.78 is 1.25. The number of hydrogen-bond donors (Lipinski definition) is 1. The van der Waals surface area contributed by atoms with Gasteiger partial charge in [-0.3, -0.25) is 14.4 Å². The van der Waals surface area contributed by atoms with Crippen LogP contribution in [-0.4, -0.2) is 15.9 Å². The average molecular weight is 358 g/mol. The molecule has 1 N–H and O–H groups in total. The Morgan fingerprint density at radius 1 is 1.44 bits per heavy atom. The van der Waals surface area contributed by atoms with Crippen LogP contribution in [0.1, 0.15) is 48.6 Å². The molecule has 130 valence electrons. The SMILES string of the molecule is CCC(C)n1c(O)c(C=Nc2ccc(C)c(Cl)c2)c(C)c(C#N)c1=O. The predicted octanol–water partition coefficient (Wildman–Crippen LogP) is 4.42. The van der Waals surface area contributed by atoms with E-state index in [1.165, 1.54) is 10.8 Å². The lowest BCUT2D eigenvalue weighted by atomic mass is 10.0. The highest BCUT2D eigenvalue weighted by molar-refractivity contribution is 6.31. The Hall–Kier alpha value is -2.58. The van der Waals surface area contributed by atoms with Gasteiger partial charge in [-0.1, -0.05) is 24.6 Å². The third-order valence-corrected chi connectivity index (χ3v) is 4.73. The van der Waals surface area contributed by atoms with Gasteiger partial charge in [-0.05, 0) is 50.5 Å². The van der Waals surface area contributed by atoms with Gasteiger partial charge >= 0.3 is 0 Å². The van der Waals surface area contributed by atoms with Crippen LogP contribution >= 0.6 is 11.6 Å². The van der Waals surface area contributed by atoms with Gasteiger partial charge < -0.3 is 5.11 Å². The van der Waals surface area contributed by atoms with Gasteiger partial charge in [0.15, 0.2) is 0 Å². The van der Waals surface area contributed by atoms with Crippen LogP contribution in [0.3, 0.4) is 0 Å². The summed E-state index contributed by atoms with van der Waals surface area (Å²) in [4.78, 5) is 16.8. The lowest BCUT2D eigenvalue weighted by Gasteiger charge is -2.18. The van der Waals surface area contributed by atoms with Crippen LogP contribution in [0.5, 0.6) is 5.88 Å². The molecule has 0 fully saturated rings. The molecule has 25 heavy (non-hydrogen) atoms. The summed E-state index contributed by atoms with van der Waals surface area (Å²) in [5.74, 6) is -0.183. The number of aromatic hydroxyl groups is 1. The highest BCUT2D eigenvalue weighted by Crippen LogP contribution is 2.26. The number of nitriles is 1. The Morgan fingerprint density at radius 3 is 2.68 bits per heavy atom. The van der Waals surface area contributed by atoms with Gasteiger partial charge in [0, 0.05) is 17.3 Å². The fourth-order valence-corrected chi connectivity index (χ4v) is 2.66. The number of nitrogens with zero attached hydrogens (tertiary/aromatic N) is 3. The van der Waals surface area contributed by atoms with Crippen LogP contribution < -0.4 is 5.56 Å². The molecule has 1 unspecified atom stereocenters. The second-order valence-electron chi connectivity index (χ2n) is 5.97. The van der Waals surface area contributed by atoms with E-state index in [9.17, 15) is 15.2 Å². The summed E-state index contributed by atoms with van der Waals surface area (Å²) in [5.41, 5.74) is 1.86. The van der Waals surface area contributed by atoms with Gasteiger partial charge in [0.25, 0.3) is 5.56 Å². The maximum Gasteiger partial charge on any atom is 0.271 e. The summed E-state index contributed by atoms with van der Waals surface area (Å²) in [5, 5.41) is 20.5. The van der Waals surface area contributed by atoms with E-state index < -0.39 is 5.56 Å². The highest BCUT2D eigenvalue weighted by Gasteiger charge is 2.20. The van der Waals surface area contributed by atoms with E-state index in [4.69, 9.17) is 11.6 Å². The molecule has 0 aliphatic carbocycles. The van der Waals surface area contributed by atoms with Gasteiger partial charge in [-0.15, -0.1) is 0 Å². The number of halogens is 1. The number of pyridine rings is 1. The van der Waals surface area contributed by atoms with Crippen molar-refractivity contribution in [1.29, 1.82) is 5.26 Å². The van der Waals surface area contributed by atoms with Gasteiger partial charge in [-0.25, -0.2) is 0 Å². The van der Waals surface area contributed by atoms with Crippen molar-refractivity contribution in [3.05, 3.63) is 55.8 Å². The molecule has 5 nitrogen and oxygen atoms in total. The fourth-order valence-electron chi connectivity index (χ4n) is 2.49. The molecule has 0 bridgehead atoms. The minimum Gasteiger partial charge on any atom is -0.494 e. The number of aromatic nitrogens is 1. The van der Waals surface area contributed by atoms with Gasteiger partial charge in [-0.2, -0.15) is 5.26 Å². The zero-order chi connectivity index (χ0) is 18.7. The molecule has 0 amide bonds. The molecule has 0 aliphatic heterocycles. The Morgan fingerprint density at radius 2 is 2.12 bits per heavy atom. The van der Waals surface area contributed by atoms with Crippen molar-refractivity contribution >= 4 is 23.5 Å². The van der Waals surface area contributed by atoms with Gasteiger partial charge in [0.1, 0.15) is 11.6 Å². The normalized spacial score (nSPS) is 12.3. The number of benzene rings is 1. The van der Waals surface area contributed by atoms with E-state index in [0.29, 0.717) is 28.3 Å². The molecular formula is C19H20ClN3O2. The molecule has 0 radical (unpaired) electrons. The third-order valence-electron chi connectivity index (χ3n) is 4.32. The minimum atomic E-state index is -0.484. The molecule has 2 rings (SSSR count). The van der Waals surface area contributed by atoms with Crippen LogP contribution in [-0.2, 0) is 0 Å². The second kappa shape index (κ2) is 7.54. The molecule has 0 spiro atoms. The van der Waals surface area contributed by atoms with Crippen molar-refractivity contribution in [3.8, 4) is 11.9 Å². The molecule has 1 aromatic carbocycles. The molecule has 6 heteroatoms. The quantitative estimate of drug-likeness (QED) is 0.823. The van der Waals surface area contributed by atoms with E-state index in [1.807, 2.05) is 32.9 Å². The summed E-state index contributed by atoms with van der Waals surface area (Å²) in [7, 11) is 0. The van der Waals surface area contributed by atoms with Gasteiger partial charge in [0.2, 0.25) is 5.88 Å². The zero-order valence-electron chi connectivity index (χ0n) is 14.7. The van der Waals surface area contributed by atoms with Crippen LogP contribution in [0.2, 0.25) is 5.02 Å². The van der Waals surface area contributed by atoms with E-state index in [-0.39, 0.29) is 17.5 Å². The molecule has 0 saturated heterocycles. The topological polar surface area (TPSA) is 78.4 Å². The van der Waals surface area contributed by atoms with Crippen molar-refractivity contribution in [3.63, 3.8) is 0 Å². The first-order chi connectivity index (χ1) is 11.8. The second-order valence-corrected chi connectivity index (χ2v) is 6.38. The predicted molar refractivity (Wildman–Crippen MR) is 100 cm³/mol. The maximum absolute atomic E-state index is 12.5. The van der Waals surface area contributed by atoms with E-state index in [2.05, 4.69) is 4.99 Å². The first-order valence-electron chi connectivity index (χ1n) is 8.00. The highest BCUT2D eigenvalue weighted by atomic mass is 35.5. The molecule has 0 aliphatic rings. The summed E-state index contributed by atoms with van der Waals surface area (Å²) in [6.45, 7) is 7.25. The summed E-state index contributed by atoms with van der Waals surface area (Å²) in [6, 6.07) is 7.08. The Labute approximate surface area is 151 Å². The van der Waals surface area contributed by atoms with Crippen LogP contribution in [0.25, 0.3) is 0 Å². The van der Waals surface area contributed by atoms with E-state index in [1.54, 1.807) is 19.1 Å². The third kappa shape index (κ3) is 3.59. The molecule has 1 aromatic heterocycles. The van der Waals surface area contributed by atoms with Crippen LogP contribution in [0, 0.1) is 25.2 Å². The van der Waals surface area contributed by atoms with Crippen molar-refractivity contribution in [2.75, 3.05) is 0 Å². The smallest absolute Gasteiger partial charge is 0.271 e. The minimum absolute atomic E-state index is 0.0153. The lowest BCUT2D eigenvalue weighted by molar-refractivity contribution is 0.372. The van der Waals surface area contributed by atoms with Crippen molar-refractivity contribution in [2.45, 2.75) is 40.2 Å². The van der Waals surface area contributed by atoms with Crippen molar-refractivity contribution < 1.29 is 5.11 Å². The van der Waals surface area contributed by atoms with E-state index in [0.717, 1.165) is 5.56 Å². The molecule has 2 aromatic rings. The first-order valence-corrected chi connectivity index (χ1v) is 8.37. The lowest BCUT2D eigenvalue weighted by Crippen LogP contribution is -2.27. The summed E-state index contributed by atoms with van der Waals surface area (Å²) in [6.07, 6.45) is 2.11. The molecule has 1 heterocycles. The van der Waals surface area contributed by atoms with Crippen LogP contribution in [0.4, 0.5) is 5.69 Å². The Bertz CT molecular complexity index is 939. The van der Waals surface area contributed by atoms with Gasteiger partial charge in [0.05, 0.1) is 11.3 Å². The first kappa shape index (κ1) is 18.8. The van der Waals surface area contributed by atoms with E-state index >= 15 is 0 Å². The Kier molecular flexibility index (Phi) is 5.66. The van der Waals surface area contributed by atoms with Crippen LogP contribution in [0.15, 0.2) is 28.0 Å². The van der Waals surface area contributed by atoms with Crippen molar-refractivity contribution in [1.82, 2.24) is 4.57 Å². The molecular weight excluding hydrogens is 338 g/mol. The monoisotopic (exact) mass is 357 g/mol. The standard InChI is InChI=1S/C19H20ClN3O2/c1-5-12(3)23-18(24)15(9-21)13(4)16(19(23)25)10-22-14-7-6-11(2)17(20)8-14/h6-8,10,12,25H,5H2,1-4H3. The number of aryl methyl sites for hydroxylation is 1. The maximum atomic E-state index is 12.5.